The van der Waals surface area contributed by atoms with Crippen LogP contribution in [0.5, 0.6) is 0 Å². The molecule has 2 rings (SSSR count). The van der Waals surface area contributed by atoms with Crippen molar-refractivity contribution < 1.29 is 0 Å². The number of unbranched alkanes of at least 4 members (excludes halogenated alkanes) is 1. The summed E-state index contributed by atoms with van der Waals surface area (Å²) in [5.41, 5.74) is 1.27. The van der Waals surface area contributed by atoms with E-state index in [2.05, 4.69) is 64.9 Å². The number of imidazole rings is 1. The number of nitrogens with zero attached hydrogens (tertiary/aromatic N) is 4. The lowest BCUT2D eigenvalue weighted by atomic mass is 10.2. The van der Waals surface area contributed by atoms with Crippen LogP contribution in [0.15, 0.2) is 47.7 Å². The Bertz CT molecular complexity index is 618. The zero-order valence-corrected chi connectivity index (χ0v) is 15.1. The average Bonchev–Trinajstić information content (AvgIpc) is 3.04. The molecule has 130 valence electrons. The lowest BCUT2D eigenvalue weighted by Gasteiger charge is -2.21. The van der Waals surface area contributed by atoms with Gasteiger partial charge in [0.15, 0.2) is 5.96 Å². The zero-order valence-electron chi connectivity index (χ0n) is 15.1. The van der Waals surface area contributed by atoms with Crippen molar-refractivity contribution in [1.82, 2.24) is 19.8 Å². The van der Waals surface area contributed by atoms with Gasteiger partial charge in [0.2, 0.25) is 0 Å². The van der Waals surface area contributed by atoms with E-state index in [1.54, 1.807) is 0 Å². The molecule has 5 heteroatoms. The third-order valence-electron chi connectivity index (χ3n) is 3.91. The summed E-state index contributed by atoms with van der Waals surface area (Å²) in [6.07, 6.45) is 6.22. The normalized spacial score (nSPS) is 11.5. The quantitative estimate of drug-likeness (QED) is 0.598. The van der Waals surface area contributed by atoms with Crippen molar-refractivity contribution in [1.29, 1.82) is 0 Å². The smallest absolute Gasteiger partial charge is 0.194 e. The van der Waals surface area contributed by atoms with Crippen LogP contribution in [-0.4, -0.2) is 40.5 Å². The van der Waals surface area contributed by atoms with Crippen molar-refractivity contribution in [2.75, 3.05) is 20.1 Å². The molecule has 1 aromatic carbocycles. The van der Waals surface area contributed by atoms with Crippen LogP contribution in [0.4, 0.5) is 0 Å². The highest BCUT2D eigenvalue weighted by Gasteiger charge is 2.07. The van der Waals surface area contributed by atoms with Crippen molar-refractivity contribution in [3.63, 3.8) is 0 Å². The third kappa shape index (κ3) is 5.41. The summed E-state index contributed by atoms with van der Waals surface area (Å²) in [6.45, 7) is 7.60. The molecule has 2 aromatic rings. The van der Waals surface area contributed by atoms with Gasteiger partial charge in [-0.15, -0.1) is 0 Å². The number of hydrogen-bond acceptors (Lipinski definition) is 2. The van der Waals surface area contributed by atoms with E-state index in [1.807, 2.05) is 18.5 Å². The average molecular weight is 327 g/mol. The van der Waals surface area contributed by atoms with Crippen LogP contribution in [0.2, 0.25) is 0 Å². The Morgan fingerprint density at radius 1 is 1.25 bits per heavy atom. The first kappa shape index (κ1) is 18.0. The topological polar surface area (TPSA) is 45.5 Å². The molecule has 0 radical (unpaired) electrons. The lowest BCUT2D eigenvalue weighted by molar-refractivity contribution is 0.464. The van der Waals surface area contributed by atoms with Gasteiger partial charge in [0.1, 0.15) is 12.4 Å². The van der Waals surface area contributed by atoms with Crippen molar-refractivity contribution in [3.8, 4) is 0 Å². The summed E-state index contributed by atoms with van der Waals surface area (Å²) >= 11 is 0. The van der Waals surface area contributed by atoms with Crippen molar-refractivity contribution in [3.05, 3.63) is 54.1 Å². The summed E-state index contributed by atoms with van der Waals surface area (Å²) in [5, 5.41) is 3.36. The summed E-state index contributed by atoms with van der Waals surface area (Å²) in [4.78, 5) is 11.4. The Hall–Kier alpha value is -2.30. The second-order valence-electron chi connectivity index (χ2n) is 5.90. The van der Waals surface area contributed by atoms with Gasteiger partial charge in [0.25, 0.3) is 0 Å². The van der Waals surface area contributed by atoms with Gasteiger partial charge in [-0.1, -0.05) is 43.7 Å². The van der Waals surface area contributed by atoms with E-state index in [-0.39, 0.29) is 0 Å². The molecule has 1 N–H and O–H groups in total. The minimum absolute atomic E-state index is 0.582. The lowest BCUT2D eigenvalue weighted by Crippen LogP contribution is -2.39. The molecule has 5 nitrogen and oxygen atoms in total. The van der Waals surface area contributed by atoms with E-state index in [0.717, 1.165) is 31.4 Å². The van der Waals surface area contributed by atoms with Crippen molar-refractivity contribution in [2.24, 2.45) is 4.99 Å². The largest absolute Gasteiger partial charge is 0.357 e. The van der Waals surface area contributed by atoms with Gasteiger partial charge in [-0.3, -0.25) is 0 Å². The molecule has 0 aliphatic carbocycles. The van der Waals surface area contributed by atoms with Crippen LogP contribution in [0.1, 0.15) is 38.1 Å². The Labute approximate surface area is 145 Å². The fourth-order valence-electron chi connectivity index (χ4n) is 2.53. The number of hydrogen-bond donors (Lipinski definition) is 1. The molecule has 24 heavy (non-hydrogen) atoms. The Morgan fingerprint density at radius 2 is 2.04 bits per heavy atom. The molecule has 0 fully saturated rings. The van der Waals surface area contributed by atoms with Gasteiger partial charge in [-0.2, -0.15) is 0 Å². The SMILES string of the molecule is CCCCN(C)C(=NCc1nccn1Cc1ccccc1)NCC. The number of benzene rings is 1. The number of rotatable bonds is 8. The van der Waals surface area contributed by atoms with Crippen molar-refractivity contribution >= 4 is 5.96 Å². The molecule has 0 aliphatic rings. The van der Waals surface area contributed by atoms with Crippen LogP contribution in [0.3, 0.4) is 0 Å². The first-order valence-electron chi connectivity index (χ1n) is 8.78. The maximum absolute atomic E-state index is 4.76. The highest BCUT2D eigenvalue weighted by atomic mass is 15.3. The second-order valence-corrected chi connectivity index (χ2v) is 5.90. The number of nitrogens with one attached hydrogen (secondary N) is 1. The summed E-state index contributed by atoms with van der Waals surface area (Å²) in [5.74, 6) is 1.93. The molecule has 0 unspecified atom stereocenters. The maximum Gasteiger partial charge on any atom is 0.194 e. The van der Waals surface area contributed by atoms with E-state index in [1.165, 1.54) is 18.4 Å². The molecule has 0 saturated carbocycles. The summed E-state index contributed by atoms with van der Waals surface area (Å²) in [7, 11) is 2.09. The molecule has 0 amide bonds. The van der Waals surface area contributed by atoms with E-state index < -0.39 is 0 Å². The second kappa shape index (κ2) is 9.75. The monoisotopic (exact) mass is 327 g/mol. The number of aromatic nitrogens is 2. The van der Waals surface area contributed by atoms with Gasteiger partial charge < -0.3 is 14.8 Å². The Kier molecular flexibility index (Phi) is 7.33. The predicted molar refractivity (Wildman–Crippen MR) is 100 cm³/mol. The van der Waals surface area contributed by atoms with Crippen LogP contribution in [-0.2, 0) is 13.1 Å². The van der Waals surface area contributed by atoms with E-state index >= 15 is 0 Å². The van der Waals surface area contributed by atoms with Gasteiger partial charge >= 0.3 is 0 Å². The molecule has 0 bridgehead atoms. The Morgan fingerprint density at radius 3 is 2.75 bits per heavy atom. The molecule has 0 aliphatic heterocycles. The molecular formula is C19H29N5. The third-order valence-corrected chi connectivity index (χ3v) is 3.91. The fraction of sp³-hybridized carbons (Fsp3) is 0.474. The highest BCUT2D eigenvalue weighted by molar-refractivity contribution is 5.79. The highest BCUT2D eigenvalue weighted by Crippen LogP contribution is 2.07. The van der Waals surface area contributed by atoms with Crippen LogP contribution < -0.4 is 5.32 Å². The van der Waals surface area contributed by atoms with E-state index in [4.69, 9.17) is 4.99 Å². The molecular weight excluding hydrogens is 298 g/mol. The van der Waals surface area contributed by atoms with Gasteiger partial charge in [-0.05, 0) is 18.9 Å². The molecule has 0 atom stereocenters. The maximum atomic E-state index is 4.76. The molecule has 0 spiro atoms. The number of guanidine groups is 1. The molecule has 0 saturated heterocycles. The Balaban J connectivity index is 2.04. The first-order valence-corrected chi connectivity index (χ1v) is 8.78. The molecule has 1 heterocycles. The van der Waals surface area contributed by atoms with Gasteiger partial charge in [-0.25, -0.2) is 9.98 Å². The van der Waals surface area contributed by atoms with Crippen LogP contribution >= 0.6 is 0 Å². The van der Waals surface area contributed by atoms with Crippen LogP contribution in [0, 0.1) is 0 Å². The summed E-state index contributed by atoms with van der Waals surface area (Å²) in [6, 6.07) is 10.4. The van der Waals surface area contributed by atoms with Gasteiger partial charge in [0, 0.05) is 39.1 Å². The predicted octanol–water partition coefficient (Wildman–Crippen LogP) is 3.13. The number of aliphatic imine (C=N–C) groups is 1. The van der Waals surface area contributed by atoms with Crippen LogP contribution in [0.25, 0.3) is 0 Å². The zero-order chi connectivity index (χ0) is 17.2. The first-order chi connectivity index (χ1) is 11.7. The van der Waals surface area contributed by atoms with Gasteiger partial charge in [0.05, 0.1) is 0 Å². The fourth-order valence-corrected chi connectivity index (χ4v) is 2.53. The minimum Gasteiger partial charge on any atom is -0.357 e. The summed E-state index contributed by atoms with van der Waals surface area (Å²) < 4.78 is 2.16. The standard InChI is InChI=1S/C19H29N5/c1-4-6-13-23(3)19(20-5-2)22-15-18-21-12-14-24(18)16-17-10-8-7-9-11-17/h7-12,14H,4-6,13,15-16H2,1-3H3,(H,20,22). The van der Waals surface area contributed by atoms with E-state index in [9.17, 15) is 0 Å². The van der Waals surface area contributed by atoms with E-state index in [0.29, 0.717) is 6.54 Å². The molecule has 1 aromatic heterocycles. The minimum atomic E-state index is 0.582. The van der Waals surface area contributed by atoms with Crippen molar-refractivity contribution in [2.45, 2.75) is 39.8 Å².